The number of benzene rings is 2. The number of hydrogen-bond donors (Lipinski definition) is 1. The Balaban J connectivity index is 1.26. The fourth-order valence-electron chi connectivity index (χ4n) is 4.98. The van der Waals surface area contributed by atoms with E-state index in [1.54, 1.807) is 53.8 Å². The van der Waals surface area contributed by atoms with Crippen LogP contribution in [0.25, 0.3) is 17.0 Å². The summed E-state index contributed by atoms with van der Waals surface area (Å²) in [6.07, 6.45) is 2.84. The quantitative estimate of drug-likeness (QED) is 0.410. The third-order valence-corrected chi connectivity index (χ3v) is 8.18. The largest absolute Gasteiger partial charge is 0.497 e. The van der Waals surface area contributed by atoms with Crippen LogP contribution in [0.3, 0.4) is 0 Å². The summed E-state index contributed by atoms with van der Waals surface area (Å²) in [6, 6.07) is 9.56. The number of carboxylic acid groups (broad SMARTS) is 1. The fourth-order valence-corrected chi connectivity index (χ4v) is 5.81. The number of anilines is 1. The zero-order chi connectivity index (χ0) is 30.1. The van der Waals surface area contributed by atoms with E-state index in [0.29, 0.717) is 23.4 Å². The van der Waals surface area contributed by atoms with Crippen LogP contribution in [-0.4, -0.2) is 82.3 Å². The zero-order valence-electron chi connectivity index (χ0n) is 22.8. The number of aromatic nitrogens is 1. The van der Waals surface area contributed by atoms with Crippen molar-refractivity contribution in [1.29, 1.82) is 0 Å². The molecule has 0 unspecified atom stereocenters. The Kier molecular flexibility index (Phi) is 8.03. The summed E-state index contributed by atoms with van der Waals surface area (Å²) in [4.78, 5) is 67.0. The van der Waals surface area contributed by atoms with Crippen LogP contribution in [0.2, 0.25) is 0 Å². The van der Waals surface area contributed by atoms with Crippen molar-refractivity contribution in [2.45, 2.75) is 13.5 Å². The highest BCUT2D eigenvalue weighted by molar-refractivity contribution is 8.18. The Bertz CT molecular complexity index is 1690. The van der Waals surface area contributed by atoms with Gasteiger partial charge in [0, 0.05) is 44.3 Å². The van der Waals surface area contributed by atoms with Gasteiger partial charge in [0.1, 0.15) is 23.7 Å². The number of imide groups is 1. The van der Waals surface area contributed by atoms with Crippen LogP contribution < -0.4 is 15.1 Å². The molecule has 0 bridgehead atoms. The van der Waals surface area contributed by atoms with Crippen LogP contribution in [-0.2, 0) is 16.1 Å². The first-order chi connectivity index (χ1) is 20.1. The molecule has 11 nitrogen and oxygen atoms in total. The number of ether oxygens (including phenoxy) is 1. The minimum Gasteiger partial charge on any atom is -0.497 e. The third kappa shape index (κ3) is 5.47. The van der Waals surface area contributed by atoms with Crippen LogP contribution in [0.4, 0.5) is 14.9 Å². The summed E-state index contributed by atoms with van der Waals surface area (Å²) >= 11 is 0.772. The van der Waals surface area contributed by atoms with Gasteiger partial charge in [-0.25, -0.2) is 9.18 Å². The lowest BCUT2D eigenvalue weighted by Crippen LogP contribution is -2.52. The number of amides is 3. The van der Waals surface area contributed by atoms with Gasteiger partial charge < -0.3 is 24.2 Å². The van der Waals surface area contributed by atoms with Crippen molar-refractivity contribution in [3.8, 4) is 5.75 Å². The van der Waals surface area contributed by atoms with Crippen LogP contribution in [0, 0.1) is 5.82 Å². The molecule has 0 saturated carbocycles. The second kappa shape index (κ2) is 11.7. The summed E-state index contributed by atoms with van der Waals surface area (Å²) in [5, 5.41) is 8.80. The molecular formula is C29H27FN4O7S. The van der Waals surface area contributed by atoms with E-state index in [-0.39, 0.29) is 42.2 Å². The molecule has 2 saturated heterocycles. The van der Waals surface area contributed by atoms with Crippen molar-refractivity contribution in [2.24, 2.45) is 0 Å². The first-order valence-electron chi connectivity index (χ1n) is 13.1. The number of aryl methyl sites for hydroxylation is 1. The second-order valence-corrected chi connectivity index (χ2v) is 10.7. The molecule has 2 aliphatic rings. The van der Waals surface area contributed by atoms with Crippen molar-refractivity contribution in [3.05, 3.63) is 74.7 Å². The van der Waals surface area contributed by atoms with E-state index in [2.05, 4.69) is 0 Å². The molecule has 0 radical (unpaired) electrons. The Labute approximate surface area is 243 Å². The number of methoxy groups -OCH3 is 1. The Hall–Kier alpha value is -4.65. The summed E-state index contributed by atoms with van der Waals surface area (Å²) in [6.45, 7) is 2.76. The summed E-state index contributed by atoms with van der Waals surface area (Å²) < 4.78 is 21.9. The highest BCUT2D eigenvalue weighted by Gasteiger charge is 2.37. The molecule has 0 atom stereocenters. The molecule has 1 aromatic heterocycles. The molecule has 1 N–H and O–H groups in total. The Morgan fingerprint density at radius 1 is 1.07 bits per heavy atom. The lowest BCUT2D eigenvalue weighted by Gasteiger charge is -2.36. The molecule has 3 amide bonds. The molecule has 0 aliphatic carbocycles. The van der Waals surface area contributed by atoms with Crippen LogP contribution in [0.1, 0.15) is 22.8 Å². The van der Waals surface area contributed by atoms with Gasteiger partial charge in [-0.15, -0.1) is 0 Å². The average Bonchev–Trinajstić information content (AvgIpc) is 3.24. The molecule has 3 heterocycles. The number of hydrogen-bond acceptors (Lipinski definition) is 8. The van der Waals surface area contributed by atoms with Gasteiger partial charge in [-0.1, -0.05) is 12.1 Å². The van der Waals surface area contributed by atoms with E-state index in [1.165, 1.54) is 17.2 Å². The predicted molar refractivity (Wildman–Crippen MR) is 155 cm³/mol. The number of nitrogens with zero attached hydrogens (tertiary/aromatic N) is 4. The molecule has 5 rings (SSSR count). The first-order valence-corrected chi connectivity index (χ1v) is 13.9. The number of pyridine rings is 1. The minimum atomic E-state index is -1.38. The number of fused-ring (bicyclic) bond motifs is 1. The molecule has 0 spiro atoms. The Morgan fingerprint density at radius 3 is 2.38 bits per heavy atom. The Morgan fingerprint density at radius 2 is 1.76 bits per heavy atom. The van der Waals surface area contributed by atoms with Crippen LogP contribution >= 0.6 is 11.8 Å². The number of thioether (sulfide) groups is 1. The standard InChI is InChI=1S/C29H27FN4O7S/c1-3-31-15-20(28(38)39)26(36)19-13-21(30)23(14-22(19)31)32-8-10-33(11-9-32)25(35)16-34-27(37)24(42-29(34)40)12-17-4-6-18(41-2)7-5-17/h4-7,12-15H,3,8-11,16H2,1-2H3,(H,38,39)/b24-12-. The topological polar surface area (TPSA) is 129 Å². The predicted octanol–water partition coefficient (Wildman–Crippen LogP) is 3.25. The monoisotopic (exact) mass is 594 g/mol. The van der Waals surface area contributed by atoms with Crippen molar-refractivity contribution < 1.29 is 33.4 Å². The van der Waals surface area contributed by atoms with Gasteiger partial charge in [0.2, 0.25) is 11.3 Å². The average molecular weight is 595 g/mol. The third-order valence-electron chi connectivity index (χ3n) is 7.27. The summed E-state index contributed by atoms with van der Waals surface area (Å²) in [5.74, 6) is -2.34. The van der Waals surface area contributed by atoms with E-state index >= 15 is 4.39 Å². The number of carboxylic acids is 1. The van der Waals surface area contributed by atoms with E-state index in [4.69, 9.17) is 4.74 Å². The second-order valence-electron chi connectivity index (χ2n) is 9.69. The highest BCUT2D eigenvalue weighted by atomic mass is 32.2. The normalized spacial score (nSPS) is 16.5. The van der Waals surface area contributed by atoms with Crippen LogP contribution in [0.5, 0.6) is 5.75 Å². The van der Waals surface area contributed by atoms with Crippen LogP contribution in [0.15, 0.2) is 52.3 Å². The molecule has 2 aliphatic heterocycles. The fraction of sp³-hybridized carbons (Fsp3) is 0.276. The molecule has 2 aromatic carbocycles. The van der Waals surface area contributed by atoms with E-state index in [9.17, 15) is 29.1 Å². The van der Waals surface area contributed by atoms with Gasteiger partial charge in [0.25, 0.3) is 11.1 Å². The maximum Gasteiger partial charge on any atom is 0.341 e. The van der Waals surface area contributed by atoms with Crippen molar-refractivity contribution in [2.75, 3.05) is 44.7 Å². The first kappa shape index (κ1) is 28.9. The molecule has 42 heavy (non-hydrogen) atoms. The van der Waals surface area contributed by atoms with E-state index in [0.717, 1.165) is 22.7 Å². The number of carbonyl (C=O) groups excluding carboxylic acids is 3. The summed E-state index contributed by atoms with van der Waals surface area (Å²) in [7, 11) is 1.55. The molecular weight excluding hydrogens is 567 g/mol. The van der Waals surface area contributed by atoms with Gasteiger partial charge in [0.05, 0.1) is 23.2 Å². The SMILES string of the molecule is CCn1cc(C(=O)O)c(=O)c2cc(F)c(N3CCN(C(=O)CN4C(=O)S/C(=C\c5ccc(OC)cc5)C4=O)CC3)cc21. The molecule has 218 valence electrons. The maximum atomic E-state index is 15.2. The zero-order valence-corrected chi connectivity index (χ0v) is 23.6. The van der Waals surface area contributed by atoms with Crippen molar-refractivity contribution in [1.82, 2.24) is 14.4 Å². The molecule has 3 aromatic rings. The van der Waals surface area contributed by atoms with Gasteiger partial charge in [-0.05, 0) is 54.6 Å². The van der Waals surface area contributed by atoms with E-state index < -0.39 is 46.4 Å². The summed E-state index contributed by atoms with van der Waals surface area (Å²) in [5.41, 5.74) is 0.163. The molecule has 13 heteroatoms. The smallest absolute Gasteiger partial charge is 0.341 e. The number of aromatic carboxylic acids is 1. The number of halogens is 1. The maximum absolute atomic E-state index is 15.2. The highest BCUT2D eigenvalue weighted by Crippen LogP contribution is 2.33. The number of piperazine rings is 1. The molecule has 2 fully saturated rings. The lowest BCUT2D eigenvalue weighted by molar-refractivity contribution is -0.136. The van der Waals surface area contributed by atoms with E-state index in [1.807, 2.05) is 0 Å². The van der Waals surface area contributed by atoms with Gasteiger partial charge in [0.15, 0.2) is 0 Å². The van der Waals surface area contributed by atoms with Crippen molar-refractivity contribution >= 4 is 57.5 Å². The van der Waals surface area contributed by atoms with Gasteiger partial charge in [-0.3, -0.25) is 24.1 Å². The van der Waals surface area contributed by atoms with Crippen molar-refractivity contribution in [3.63, 3.8) is 0 Å². The van der Waals surface area contributed by atoms with Gasteiger partial charge in [-0.2, -0.15) is 0 Å². The number of rotatable bonds is 7. The minimum absolute atomic E-state index is 0.0231. The number of carbonyl (C=O) groups is 4. The van der Waals surface area contributed by atoms with Gasteiger partial charge >= 0.3 is 5.97 Å². The lowest BCUT2D eigenvalue weighted by atomic mass is 10.1.